The van der Waals surface area contributed by atoms with Gasteiger partial charge < -0.3 is 11.1 Å². The highest BCUT2D eigenvalue weighted by molar-refractivity contribution is 7.80. The summed E-state index contributed by atoms with van der Waals surface area (Å²) in [6.07, 6.45) is 0. The second-order valence-electron chi connectivity index (χ2n) is 2.78. The van der Waals surface area contributed by atoms with E-state index in [0.717, 1.165) is 11.1 Å². The first-order chi connectivity index (χ1) is 6.74. The largest absolute Gasteiger partial charge is 0.389 e. The van der Waals surface area contributed by atoms with E-state index in [4.69, 9.17) is 18.0 Å². The van der Waals surface area contributed by atoms with Crippen molar-refractivity contribution in [3.8, 4) is 11.8 Å². The van der Waals surface area contributed by atoms with Crippen molar-refractivity contribution in [2.45, 2.75) is 0 Å². The Morgan fingerprint density at radius 2 is 2.36 bits per heavy atom. The third-order valence-corrected chi connectivity index (χ3v) is 1.88. The summed E-state index contributed by atoms with van der Waals surface area (Å²) < 4.78 is 0. The van der Waals surface area contributed by atoms with Gasteiger partial charge in [-0.3, -0.25) is 0 Å². The lowest BCUT2D eigenvalue weighted by molar-refractivity contribution is 0.938. The van der Waals surface area contributed by atoms with Crippen LogP contribution >= 0.6 is 12.2 Å². The van der Waals surface area contributed by atoms with Crippen LogP contribution in [0, 0.1) is 11.8 Å². The van der Waals surface area contributed by atoms with E-state index in [9.17, 15) is 0 Å². The molecule has 3 N–H and O–H groups in total. The van der Waals surface area contributed by atoms with Gasteiger partial charge in [-0.2, -0.15) is 0 Å². The van der Waals surface area contributed by atoms with Crippen LogP contribution in [0.4, 0.5) is 0 Å². The third-order valence-electron chi connectivity index (χ3n) is 1.64. The molecule has 1 aromatic carbocycles. The molecule has 14 heavy (non-hydrogen) atoms. The molecule has 0 atom stereocenters. The molecule has 0 aliphatic heterocycles. The Labute approximate surface area is 89.5 Å². The number of nitrogens with two attached hydrogens (primary N) is 1. The van der Waals surface area contributed by atoms with Gasteiger partial charge in [0.2, 0.25) is 0 Å². The Kier molecular flexibility index (Phi) is 4.11. The zero-order valence-electron chi connectivity index (χ0n) is 8.00. The molecular formula is C11H12N2S. The molecule has 3 heteroatoms. The van der Waals surface area contributed by atoms with E-state index >= 15 is 0 Å². The van der Waals surface area contributed by atoms with Crippen molar-refractivity contribution < 1.29 is 0 Å². The van der Waals surface area contributed by atoms with Gasteiger partial charge >= 0.3 is 0 Å². The van der Waals surface area contributed by atoms with E-state index in [1.54, 1.807) is 0 Å². The van der Waals surface area contributed by atoms with Crippen LogP contribution in [0.2, 0.25) is 0 Å². The maximum atomic E-state index is 5.51. The minimum atomic E-state index is 0.405. The predicted molar refractivity (Wildman–Crippen MR) is 63.1 cm³/mol. The van der Waals surface area contributed by atoms with Crippen molar-refractivity contribution in [1.82, 2.24) is 5.32 Å². The molecule has 0 aromatic heterocycles. The fraction of sp³-hybridized carbons (Fsp3) is 0.182. The first-order valence-corrected chi connectivity index (χ1v) is 4.68. The van der Waals surface area contributed by atoms with E-state index in [1.807, 2.05) is 31.3 Å². The normalized spacial score (nSPS) is 8.93. The van der Waals surface area contributed by atoms with Crippen molar-refractivity contribution in [3.05, 3.63) is 35.4 Å². The van der Waals surface area contributed by atoms with Gasteiger partial charge in [-0.05, 0) is 19.2 Å². The summed E-state index contributed by atoms with van der Waals surface area (Å²) in [6, 6.07) is 7.61. The standard InChI is InChI=1S/C11H12N2S/c1-13-7-3-5-9-4-2-6-10(8-9)11(12)14/h2,4,6,8,13H,7H2,1H3,(H2,12,14). The highest BCUT2D eigenvalue weighted by Gasteiger charge is 1.95. The van der Waals surface area contributed by atoms with Gasteiger partial charge in [0.15, 0.2) is 0 Å². The van der Waals surface area contributed by atoms with Gasteiger partial charge in [-0.25, -0.2) is 0 Å². The van der Waals surface area contributed by atoms with E-state index in [1.165, 1.54) is 0 Å². The molecule has 0 aliphatic rings. The molecule has 0 saturated heterocycles. The molecule has 0 bridgehead atoms. The molecule has 2 nitrogen and oxygen atoms in total. The maximum Gasteiger partial charge on any atom is 0.104 e. The first-order valence-electron chi connectivity index (χ1n) is 4.27. The number of nitrogens with one attached hydrogen (secondary N) is 1. The molecule has 1 aromatic rings. The quantitative estimate of drug-likeness (QED) is 0.555. The summed E-state index contributed by atoms with van der Waals surface area (Å²) in [7, 11) is 1.86. The molecule has 0 spiro atoms. The number of thiocarbonyl (C=S) groups is 1. The smallest absolute Gasteiger partial charge is 0.104 e. The topological polar surface area (TPSA) is 38.0 Å². The summed E-state index contributed by atoms with van der Waals surface area (Å²) in [6.45, 7) is 0.678. The van der Waals surface area contributed by atoms with Crippen molar-refractivity contribution in [2.75, 3.05) is 13.6 Å². The number of rotatable bonds is 2. The second kappa shape index (κ2) is 5.38. The van der Waals surface area contributed by atoms with Crippen LogP contribution in [-0.2, 0) is 0 Å². The fourth-order valence-corrected chi connectivity index (χ4v) is 1.11. The Morgan fingerprint density at radius 3 is 3.00 bits per heavy atom. The lowest BCUT2D eigenvalue weighted by Crippen LogP contribution is -2.09. The molecule has 0 radical (unpaired) electrons. The molecule has 1 rings (SSSR count). The summed E-state index contributed by atoms with van der Waals surface area (Å²) in [5, 5.41) is 2.95. The number of hydrogen-bond donors (Lipinski definition) is 2. The zero-order chi connectivity index (χ0) is 10.4. The van der Waals surface area contributed by atoms with Crippen LogP contribution in [0.5, 0.6) is 0 Å². The first kappa shape index (κ1) is 10.7. The van der Waals surface area contributed by atoms with Crippen molar-refractivity contribution >= 4 is 17.2 Å². The van der Waals surface area contributed by atoms with E-state index in [-0.39, 0.29) is 0 Å². The minimum Gasteiger partial charge on any atom is -0.389 e. The molecule has 0 unspecified atom stereocenters. The highest BCUT2D eigenvalue weighted by Crippen LogP contribution is 2.03. The molecule has 0 aliphatic carbocycles. The van der Waals surface area contributed by atoms with Gasteiger partial charge in [0.05, 0.1) is 6.54 Å². The average molecular weight is 204 g/mol. The van der Waals surface area contributed by atoms with Crippen LogP contribution < -0.4 is 11.1 Å². The van der Waals surface area contributed by atoms with E-state index < -0.39 is 0 Å². The van der Waals surface area contributed by atoms with E-state index in [2.05, 4.69) is 17.2 Å². The van der Waals surface area contributed by atoms with Gasteiger partial charge in [-0.15, -0.1) is 0 Å². The molecule has 0 heterocycles. The summed E-state index contributed by atoms with van der Waals surface area (Å²) in [5.74, 6) is 5.99. The van der Waals surface area contributed by atoms with Crippen molar-refractivity contribution in [1.29, 1.82) is 0 Å². The molecule has 0 saturated carbocycles. The monoisotopic (exact) mass is 204 g/mol. The Morgan fingerprint density at radius 1 is 1.57 bits per heavy atom. The van der Waals surface area contributed by atoms with Gasteiger partial charge in [-0.1, -0.05) is 36.2 Å². The molecule has 0 fully saturated rings. The second-order valence-corrected chi connectivity index (χ2v) is 3.22. The van der Waals surface area contributed by atoms with Gasteiger partial charge in [0, 0.05) is 11.1 Å². The zero-order valence-corrected chi connectivity index (χ0v) is 8.82. The SMILES string of the molecule is CNCC#Cc1cccc(C(N)=S)c1. The third kappa shape index (κ3) is 3.17. The van der Waals surface area contributed by atoms with Crippen LogP contribution in [0.15, 0.2) is 24.3 Å². The Hall–Kier alpha value is -1.37. The van der Waals surface area contributed by atoms with Crippen LogP contribution in [-0.4, -0.2) is 18.6 Å². The lowest BCUT2D eigenvalue weighted by Gasteiger charge is -1.97. The number of benzene rings is 1. The summed E-state index contributed by atoms with van der Waals surface area (Å²) in [5.41, 5.74) is 7.30. The van der Waals surface area contributed by atoms with Crippen molar-refractivity contribution in [3.63, 3.8) is 0 Å². The Balaban J connectivity index is 2.85. The Bertz CT molecular complexity index is 388. The fourth-order valence-electron chi connectivity index (χ4n) is 0.985. The van der Waals surface area contributed by atoms with Crippen LogP contribution in [0.25, 0.3) is 0 Å². The molecule has 72 valence electrons. The van der Waals surface area contributed by atoms with Crippen LogP contribution in [0.1, 0.15) is 11.1 Å². The minimum absolute atomic E-state index is 0.405. The highest BCUT2D eigenvalue weighted by atomic mass is 32.1. The average Bonchev–Trinajstić information content (AvgIpc) is 2.19. The molecule has 0 amide bonds. The molecular weight excluding hydrogens is 192 g/mol. The van der Waals surface area contributed by atoms with E-state index in [0.29, 0.717) is 11.5 Å². The predicted octanol–water partition coefficient (Wildman–Crippen LogP) is 0.892. The van der Waals surface area contributed by atoms with Gasteiger partial charge in [0.1, 0.15) is 4.99 Å². The maximum absolute atomic E-state index is 5.51. The lowest BCUT2D eigenvalue weighted by atomic mass is 10.1. The summed E-state index contributed by atoms with van der Waals surface area (Å²) >= 11 is 4.87. The summed E-state index contributed by atoms with van der Waals surface area (Å²) in [4.78, 5) is 0.405. The van der Waals surface area contributed by atoms with Crippen molar-refractivity contribution in [2.24, 2.45) is 5.73 Å². The number of hydrogen-bond acceptors (Lipinski definition) is 2. The van der Waals surface area contributed by atoms with Crippen LogP contribution in [0.3, 0.4) is 0 Å². The van der Waals surface area contributed by atoms with Gasteiger partial charge in [0.25, 0.3) is 0 Å².